The Hall–Kier alpha value is -1.21. The first-order chi connectivity index (χ1) is 5.96. The van der Waals surface area contributed by atoms with E-state index in [-0.39, 0.29) is 5.56 Å². The van der Waals surface area contributed by atoms with Crippen molar-refractivity contribution >= 4 is 11.6 Å². The summed E-state index contributed by atoms with van der Waals surface area (Å²) >= 11 is 5.35. The maximum Gasteiger partial charge on any atom is 0.417 e. The first-order valence-corrected chi connectivity index (χ1v) is 3.60. The van der Waals surface area contributed by atoms with Crippen molar-refractivity contribution in [1.82, 2.24) is 0 Å². The fraction of sp³-hybridized carbons (Fsp3) is 0.125. The van der Waals surface area contributed by atoms with E-state index in [2.05, 4.69) is 0 Å². The Morgan fingerprint density at radius 1 is 1.31 bits per heavy atom. The van der Waals surface area contributed by atoms with Gasteiger partial charge in [-0.1, -0.05) is 17.7 Å². The van der Waals surface area contributed by atoms with Gasteiger partial charge in [-0.25, -0.2) is 0 Å². The molecule has 1 aromatic carbocycles. The Balaban J connectivity index is 3.34. The molecule has 0 aliphatic carbocycles. The van der Waals surface area contributed by atoms with Crippen LogP contribution in [0, 0.1) is 11.3 Å². The molecule has 0 heterocycles. The van der Waals surface area contributed by atoms with Crippen LogP contribution >= 0.6 is 11.6 Å². The van der Waals surface area contributed by atoms with E-state index in [1.54, 1.807) is 6.07 Å². The SMILES string of the molecule is N#Cc1cccc(C(F)(F)F)c1Cl. The Labute approximate surface area is 77.4 Å². The second-order valence-corrected chi connectivity index (χ2v) is 2.65. The Morgan fingerprint density at radius 2 is 1.92 bits per heavy atom. The molecule has 68 valence electrons. The maximum atomic E-state index is 12.2. The average Bonchev–Trinajstić information content (AvgIpc) is 2.02. The number of hydrogen-bond acceptors (Lipinski definition) is 1. The van der Waals surface area contributed by atoms with Gasteiger partial charge in [0.15, 0.2) is 0 Å². The van der Waals surface area contributed by atoms with Crippen molar-refractivity contribution in [2.45, 2.75) is 6.18 Å². The van der Waals surface area contributed by atoms with Crippen molar-refractivity contribution in [1.29, 1.82) is 5.26 Å². The Morgan fingerprint density at radius 3 is 2.38 bits per heavy atom. The van der Waals surface area contributed by atoms with Gasteiger partial charge in [0.05, 0.1) is 16.1 Å². The van der Waals surface area contributed by atoms with E-state index in [1.807, 2.05) is 0 Å². The van der Waals surface area contributed by atoms with Crippen molar-refractivity contribution in [3.63, 3.8) is 0 Å². The van der Waals surface area contributed by atoms with Gasteiger partial charge in [-0.2, -0.15) is 18.4 Å². The highest BCUT2D eigenvalue weighted by Crippen LogP contribution is 2.35. The van der Waals surface area contributed by atoms with E-state index >= 15 is 0 Å². The number of nitriles is 1. The normalized spacial score (nSPS) is 11.0. The van der Waals surface area contributed by atoms with Gasteiger partial charge in [0.2, 0.25) is 0 Å². The zero-order valence-electron chi connectivity index (χ0n) is 6.19. The van der Waals surface area contributed by atoms with Crippen LogP contribution in [0.3, 0.4) is 0 Å². The van der Waals surface area contributed by atoms with Crippen LogP contribution in [0.15, 0.2) is 18.2 Å². The molecular formula is C8H3ClF3N. The summed E-state index contributed by atoms with van der Waals surface area (Å²) < 4.78 is 36.5. The fourth-order valence-electron chi connectivity index (χ4n) is 0.837. The molecule has 0 fully saturated rings. The van der Waals surface area contributed by atoms with Gasteiger partial charge in [-0.05, 0) is 12.1 Å². The summed E-state index contributed by atoms with van der Waals surface area (Å²) in [4.78, 5) is 0. The van der Waals surface area contributed by atoms with Crippen molar-refractivity contribution in [3.8, 4) is 6.07 Å². The molecule has 0 bridgehead atoms. The molecule has 0 radical (unpaired) electrons. The van der Waals surface area contributed by atoms with Crippen LogP contribution in [0.2, 0.25) is 5.02 Å². The highest BCUT2D eigenvalue weighted by Gasteiger charge is 2.33. The quantitative estimate of drug-likeness (QED) is 0.638. The summed E-state index contributed by atoms with van der Waals surface area (Å²) in [6.45, 7) is 0. The monoisotopic (exact) mass is 205 g/mol. The van der Waals surface area contributed by atoms with Crippen molar-refractivity contribution in [3.05, 3.63) is 34.3 Å². The summed E-state index contributed by atoms with van der Waals surface area (Å²) in [7, 11) is 0. The van der Waals surface area contributed by atoms with Crippen LogP contribution in [-0.2, 0) is 6.18 Å². The third-order valence-corrected chi connectivity index (χ3v) is 1.83. The third-order valence-electron chi connectivity index (χ3n) is 1.42. The van der Waals surface area contributed by atoms with Crippen LogP contribution in [-0.4, -0.2) is 0 Å². The second-order valence-electron chi connectivity index (χ2n) is 2.28. The summed E-state index contributed by atoms with van der Waals surface area (Å²) in [6.07, 6.45) is -4.51. The first-order valence-electron chi connectivity index (χ1n) is 3.22. The molecule has 13 heavy (non-hydrogen) atoms. The molecular weight excluding hydrogens is 203 g/mol. The lowest BCUT2D eigenvalue weighted by Crippen LogP contribution is -2.06. The van der Waals surface area contributed by atoms with E-state index < -0.39 is 16.8 Å². The van der Waals surface area contributed by atoms with Gasteiger partial charge < -0.3 is 0 Å². The van der Waals surface area contributed by atoms with E-state index in [0.29, 0.717) is 0 Å². The molecule has 1 aromatic rings. The molecule has 0 N–H and O–H groups in total. The molecule has 0 atom stereocenters. The molecule has 0 aliphatic heterocycles. The maximum absolute atomic E-state index is 12.2. The minimum atomic E-state index is -4.51. The van der Waals surface area contributed by atoms with Gasteiger partial charge in [0.25, 0.3) is 0 Å². The number of hydrogen-bond donors (Lipinski definition) is 0. The number of alkyl halides is 3. The molecule has 1 nitrogen and oxygen atoms in total. The summed E-state index contributed by atoms with van der Waals surface area (Å²) in [6, 6.07) is 4.79. The number of rotatable bonds is 0. The number of benzene rings is 1. The van der Waals surface area contributed by atoms with E-state index in [0.717, 1.165) is 12.1 Å². The second kappa shape index (κ2) is 3.27. The molecule has 1 rings (SSSR count). The lowest BCUT2D eigenvalue weighted by atomic mass is 10.1. The van der Waals surface area contributed by atoms with Gasteiger partial charge in [0.1, 0.15) is 6.07 Å². The van der Waals surface area contributed by atoms with Gasteiger partial charge in [-0.3, -0.25) is 0 Å². The zero-order chi connectivity index (χ0) is 10.1. The first kappa shape index (κ1) is 9.87. The zero-order valence-corrected chi connectivity index (χ0v) is 6.95. The van der Waals surface area contributed by atoms with Crippen LogP contribution in [0.4, 0.5) is 13.2 Å². The summed E-state index contributed by atoms with van der Waals surface area (Å²) in [5.41, 5.74) is -1.15. The smallest absolute Gasteiger partial charge is 0.192 e. The molecule has 0 aliphatic rings. The van der Waals surface area contributed by atoms with Gasteiger partial charge in [-0.15, -0.1) is 0 Å². The van der Waals surface area contributed by atoms with Gasteiger partial charge >= 0.3 is 6.18 Å². The standard InChI is InChI=1S/C8H3ClF3N/c9-7-5(4-13)2-1-3-6(7)8(10,11)12/h1-3H. The van der Waals surface area contributed by atoms with Crippen LogP contribution in [0.1, 0.15) is 11.1 Å². The molecule has 5 heteroatoms. The van der Waals surface area contributed by atoms with E-state index in [4.69, 9.17) is 16.9 Å². The van der Waals surface area contributed by atoms with Crippen LogP contribution < -0.4 is 0 Å². The fourth-order valence-corrected chi connectivity index (χ4v) is 1.11. The summed E-state index contributed by atoms with van der Waals surface area (Å²) in [5, 5.41) is 7.86. The van der Waals surface area contributed by atoms with Gasteiger partial charge in [0, 0.05) is 0 Å². The van der Waals surface area contributed by atoms with Crippen LogP contribution in [0.25, 0.3) is 0 Å². The third kappa shape index (κ3) is 1.93. The topological polar surface area (TPSA) is 23.8 Å². The number of halogens is 4. The molecule has 0 saturated carbocycles. The van der Waals surface area contributed by atoms with Crippen molar-refractivity contribution in [2.75, 3.05) is 0 Å². The van der Waals surface area contributed by atoms with Crippen molar-refractivity contribution < 1.29 is 13.2 Å². The predicted molar refractivity (Wildman–Crippen MR) is 41.2 cm³/mol. The summed E-state index contributed by atoms with van der Waals surface area (Å²) in [5.74, 6) is 0. The number of nitrogens with zero attached hydrogens (tertiary/aromatic N) is 1. The van der Waals surface area contributed by atoms with E-state index in [1.165, 1.54) is 6.07 Å². The Kier molecular flexibility index (Phi) is 2.48. The van der Waals surface area contributed by atoms with Crippen molar-refractivity contribution in [2.24, 2.45) is 0 Å². The van der Waals surface area contributed by atoms with E-state index in [9.17, 15) is 13.2 Å². The lowest BCUT2D eigenvalue weighted by molar-refractivity contribution is -0.137. The minimum Gasteiger partial charge on any atom is -0.192 e. The Bertz CT molecular complexity index is 365. The molecule has 0 aromatic heterocycles. The minimum absolute atomic E-state index is 0.170. The molecule has 0 unspecified atom stereocenters. The largest absolute Gasteiger partial charge is 0.417 e. The average molecular weight is 206 g/mol. The highest BCUT2D eigenvalue weighted by atomic mass is 35.5. The molecule has 0 amide bonds. The predicted octanol–water partition coefficient (Wildman–Crippen LogP) is 3.23. The molecule has 0 saturated heterocycles. The van der Waals surface area contributed by atoms with Crippen LogP contribution in [0.5, 0.6) is 0 Å². The highest BCUT2D eigenvalue weighted by molar-refractivity contribution is 6.32. The lowest BCUT2D eigenvalue weighted by Gasteiger charge is -2.08. The molecule has 0 spiro atoms.